The number of β-amino-alcohol motifs (C(OH)–C–C–N with tert-alkyl or cyclic N) is 1. The number of alkyl halides is 3. The summed E-state index contributed by atoms with van der Waals surface area (Å²) in [4.78, 5) is 14.3. The van der Waals surface area contributed by atoms with Crippen molar-refractivity contribution >= 4 is 11.4 Å². The maximum atomic E-state index is 12.8. The van der Waals surface area contributed by atoms with E-state index in [2.05, 4.69) is 0 Å². The van der Waals surface area contributed by atoms with Gasteiger partial charge in [-0.3, -0.25) is 15.0 Å². The first kappa shape index (κ1) is 19.5. The zero-order valence-electron chi connectivity index (χ0n) is 14.4. The fourth-order valence-corrected chi connectivity index (χ4v) is 3.17. The minimum Gasteiger partial charge on any atom is -0.389 e. The van der Waals surface area contributed by atoms with Gasteiger partial charge in [0.1, 0.15) is 5.69 Å². The number of halogens is 3. The number of hydrogen-bond acceptors (Lipinski definition) is 5. The van der Waals surface area contributed by atoms with Crippen molar-refractivity contribution in [3.63, 3.8) is 0 Å². The van der Waals surface area contributed by atoms with Gasteiger partial charge < -0.3 is 10.0 Å². The normalized spacial score (nSPS) is 20.0. The van der Waals surface area contributed by atoms with Gasteiger partial charge in [-0.25, -0.2) is 0 Å². The second kappa shape index (κ2) is 6.80. The highest BCUT2D eigenvalue weighted by Crippen LogP contribution is 2.37. The molecule has 1 fully saturated rings. The van der Waals surface area contributed by atoms with E-state index < -0.39 is 28.0 Å². The molecule has 1 atom stereocenters. The quantitative estimate of drug-likeness (QED) is 0.660. The number of nitro benzene ring substituents is 1. The molecule has 0 radical (unpaired) electrons. The second-order valence-corrected chi connectivity index (χ2v) is 7.05. The van der Waals surface area contributed by atoms with Crippen LogP contribution in [0.1, 0.15) is 26.3 Å². The Balaban J connectivity index is 2.26. The summed E-state index contributed by atoms with van der Waals surface area (Å²) in [6.07, 6.45) is -4.62. The van der Waals surface area contributed by atoms with Crippen molar-refractivity contribution in [2.24, 2.45) is 0 Å². The van der Waals surface area contributed by atoms with Gasteiger partial charge >= 0.3 is 6.18 Å². The first-order valence-electron chi connectivity index (χ1n) is 7.95. The van der Waals surface area contributed by atoms with Crippen molar-refractivity contribution in [3.05, 3.63) is 33.9 Å². The molecule has 1 unspecified atom stereocenters. The van der Waals surface area contributed by atoms with Gasteiger partial charge in [0.05, 0.1) is 16.1 Å². The molecule has 6 nitrogen and oxygen atoms in total. The molecule has 9 heteroatoms. The van der Waals surface area contributed by atoms with Crippen LogP contribution < -0.4 is 4.90 Å². The SMILES string of the molecule is CC1CN(CC(C)(C)O)CCN1c1ccc(C(F)(F)F)cc1[N+](=O)[O-]. The molecule has 0 bridgehead atoms. The van der Waals surface area contributed by atoms with Gasteiger partial charge in [-0.15, -0.1) is 0 Å². The lowest BCUT2D eigenvalue weighted by molar-refractivity contribution is -0.384. The molecule has 0 aromatic heterocycles. The highest BCUT2D eigenvalue weighted by molar-refractivity contribution is 5.65. The number of rotatable bonds is 4. The molecule has 25 heavy (non-hydrogen) atoms. The Kier molecular flexibility index (Phi) is 5.29. The smallest absolute Gasteiger partial charge is 0.389 e. The maximum absolute atomic E-state index is 12.8. The van der Waals surface area contributed by atoms with Gasteiger partial charge in [0.25, 0.3) is 5.69 Å². The summed E-state index contributed by atoms with van der Waals surface area (Å²) >= 11 is 0. The molecule has 2 rings (SSSR count). The third-order valence-electron chi connectivity index (χ3n) is 4.13. The molecule has 1 N–H and O–H groups in total. The summed E-state index contributed by atoms with van der Waals surface area (Å²) in [7, 11) is 0. The van der Waals surface area contributed by atoms with Gasteiger partial charge in [0.15, 0.2) is 0 Å². The molecule has 0 saturated carbocycles. The molecular weight excluding hydrogens is 339 g/mol. The molecule has 1 saturated heterocycles. The number of hydrogen-bond donors (Lipinski definition) is 1. The Hall–Kier alpha value is -1.87. The van der Waals surface area contributed by atoms with Crippen LogP contribution in [0.5, 0.6) is 0 Å². The Morgan fingerprint density at radius 2 is 1.96 bits per heavy atom. The minimum absolute atomic E-state index is 0.133. The van der Waals surface area contributed by atoms with Gasteiger partial charge in [-0.2, -0.15) is 13.2 Å². The van der Waals surface area contributed by atoms with E-state index in [1.165, 1.54) is 6.07 Å². The van der Waals surface area contributed by atoms with Crippen LogP contribution in [-0.4, -0.2) is 52.8 Å². The minimum atomic E-state index is -4.62. The highest BCUT2D eigenvalue weighted by Gasteiger charge is 2.35. The Morgan fingerprint density at radius 3 is 2.44 bits per heavy atom. The van der Waals surface area contributed by atoms with Crippen molar-refractivity contribution in [1.82, 2.24) is 4.90 Å². The zero-order chi connectivity index (χ0) is 19.0. The van der Waals surface area contributed by atoms with Gasteiger partial charge in [0, 0.05) is 38.3 Å². The molecule has 1 aliphatic heterocycles. The van der Waals surface area contributed by atoms with E-state index in [9.17, 15) is 28.4 Å². The van der Waals surface area contributed by atoms with E-state index in [4.69, 9.17) is 0 Å². The van der Waals surface area contributed by atoms with Gasteiger partial charge in [0.2, 0.25) is 0 Å². The van der Waals surface area contributed by atoms with Crippen molar-refractivity contribution < 1.29 is 23.2 Å². The number of nitrogens with zero attached hydrogens (tertiary/aromatic N) is 3. The molecule has 1 aromatic rings. The summed E-state index contributed by atoms with van der Waals surface area (Å²) in [5, 5.41) is 21.2. The van der Waals surface area contributed by atoms with E-state index in [1.54, 1.807) is 18.7 Å². The fraction of sp³-hybridized carbons (Fsp3) is 0.625. The number of benzene rings is 1. The topological polar surface area (TPSA) is 69.8 Å². The number of piperazine rings is 1. The van der Waals surface area contributed by atoms with Crippen LogP contribution in [-0.2, 0) is 6.18 Å². The van der Waals surface area contributed by atoms with E-state index in [-0.39, 0.29) is 11.7 Å². The van der Waals surface area contributed by atoms with Gasteiger partial charge in [-0.05, 0) is 32.9 Å². The number of aliphatic hydroxyl groups is 1. The van der Waals surface area contributed by atoms with Crippen LogP contribution >= 0.6 is 0 Å². The standard InChI is InChI=1S/C16H22F3N3O3/c1-11-9-20(10-15(2,3)23)6-7-21(11)13-5-4-12(16(17,18)19)8-14(13)22(24)25/h4-5,8,11,23H,6-7,9-10H2,1-3H3. The average molecular weight is 361 g/mol. The van der Waals surface area contributed by atoms with Crippen LogP contribution in [0.25, 0.3) is 0 Å². The van der Waals surface area contributed by atoms with E-state index >= 15 is 0 Å². The summed E-state index contributed by atoms with van der Waals surface area (Å²) in [5.74, 6) is 0. The largest absolute Gasteiger partial charge is 0.416 e. The molecule has 0 spiro atoms. The number of anilines is 1. The second-order valence-electron chi connectivity index (χ2n) is 7.05. The van der Waals surface area contributed by atoms with Gasteiger partial charge in [-0.1, -0.05) is 0 Å². The van der Waals surface area contributed by atoms with Crippen LogP contribution in [0.4, 0.5) is 24.5 Å². The molecule has 1 aliphatic rings. The Morgan fingerprint density at radius 1 is 1.32 bits per heavy atom. The summed E-state index contributed by atoms with van der Waals surface area (Å²) in [6.45, 7) is 7.27. The molecule has 0 aliphatic carbocycles. The summed E-state index contributed by atoms with van der Waals surface area (Å²) in [5.41, 5.74) is -2.25. The zero-order valence-corrected chi connectivity index (χ0v) is 14.4. The molecule has 1 aromatic carbocycles. The predicted octanol–water partition coefficient (Wildman–Crippen LogP) is 2.90. The highest BCUT2D eigenvalue weighted by atomic mass is 19.4. The lowest BCUT2D eigenvalue weighted by atomic mass is 10.1. The van der Waals surface area contributed by atoms with E-state index in [1.807, 2.05) is 11.8 Å². The molecule has 0 amide bonds. The predicted molar refractivity (Wildman–Crippen MR) is 87.6 cm³/mol. The fourth-order valence-electron chi connectivity index (χ4n) is 3.17. The van der Waals surface area contributed by atoms with Crippen LogP contribution in [0, 0.1) is 10.1 Å². The molecule has 1 heterocycles. The summed E-state index contributed by atoms with van der Waals surface area (Å²) in [6, 6.07) is 2.50. The lowest BCUT2D eigenvalue weighted by Gasteiger charge is -2.42. The van der Waals surface area contributed by atoms with Crippen molar-refractivity contribution in [1.29, 1.82) is 0 Å². The van der Waals surface area contributed by atoms with Crippen molar-refractivity contribution in [2.45, 2.75) is 38.6 Å². The van der Waals surface area contributed by atoms with Crippen LogP contribution in [0.15, 0.2) is 18.2 Å². The maximum Gasteiger partial charge on any atom is 0.416 e. The third-order valence-corrected chi connectivity index (χ3v) is 4.13. The van der Waals surface area contributed by atoms with Crippen molar-refractivity contribution in [3.8, 4) is 0 Å². The van der Waals surface area contributed by atoms with E-state index in [0.29, 0.717) is 32.2 Å². The molecule has 140 valence electrons. The third kappa shape index (κ3) is 4.82. The van der Waals surface area contributed by atoms with Crippen LogP contribution in [0.3, 0.4) is 0 Å². The van der Waals surface area contributed by atoms with E-state index in [0.717, 1.165) is 6.07 Å². The van der Waals surface area contributed by atoms with Crippen LogP contribution in [0.2, 0.25) is 0 Å². The molecular formula is C16H22F3N3O3. The summed E-state index contributed by atoms with van der Waals surface area (Å²) < 4.78 is 38.5. The average Bonchev–Trinajstić information content (AvgIpc) is 2.44. The lowest BCUT2D eigenvalue weighted by Crippen LogP contribution is -2.55. The first-order valence-corrected chi connectivity index (χ1v) is 7.95. The first-order chi connectivity index (χ1) is 11.4. The Labute approximate surface area is 144 Å². The monoisotopic (exact) mass is 361 g/mol. The number of nitro groups is 1. The van der Waals surface area contributed by atoms with Crippen molar-refractivity contribution in [2.75, 3.05) is 31.1 Å². The Bertz CT molecular complexity index is 644.